The standard InChI is InChI=1S/C22H30N2O6/c25-12-14-29-13-11-23-20(26)15-18-9-5-2-6-10-21(27)30-16-19(24-22(18)28)17-7-3-1-4-8-17/h1-5,7-8,18-19,25H,6,9-16H2,(H,23,26)(H,24,28)/t18-,19+/m1/s1. The van der Waals surface area contributed by atoms with Crippen molar-refractivity contribution in [3.63, 3.8) is 0 Å². The zero-order valence-electron chi connectivity index (χ0n) is 17.0. The van der Waals surface area contributed by atoms with Crippen LogP contribution in [0.5, 0.6) is 0 Å². The van der Waals surface area contributed by atoms with E-state index in [1.807, 2.05) is 42.5 Å². The van der Waals surface area contributed by atoms with Crippen LogP contribution in [-0.4, -0.2) is 55.9 Å². The molecule has 0 bridgehead atoms. The number of carbonyl (C=O) groups excluding carboxylic acids is 3. The quantitative estimate of drug-likeness (QED) is 0.333. The van der Waals surface area contributed by atoms with E-state index in [0.717, 1.165) is 5.56 Å². The Morgan fingerprint density at radius 3 is 2.77 bits per heavy atom. The van der Waals surface area contributed by atoms with E-state index >= 15 is 0 Å². The van der Waals surface area contributed by atoms with Crippen LogP contribution in [0.15, 0.2) is 42.5 Å². The molecule has 30 heavy (non-hydrogen) atoms. The van der Waals surface area contributed by atoms with Gasteiger partial charge in [-0.05, 0) is 18.4 Å². The van der Waals surface area contributed by atoms with Crippen LogP contribution in [0.25, 0.3) is 0 Å². The highest BCUT2D eigenvalue weighted by Gasteiger charge is 2.25. The van der Waals surface area contributed by atoms with Crippen molar-refractivity contribution in [3.8, 4) is 0 Å². The van der Waals surface area contributed by atoms with Crippen molar-refractivity contribution >= 4 is 17.8 Å². The highest BCUT2D eigenvalue weighted by Crippen LogP contribution is 2.18. The summed E-state index contributed by atoms with van der Waals surface area (Å²) < 4.78 is 10.4. The topological polar surface area (TPSA) is 114 Å². The van der Waals surface area contributed by atoms with Crippen molar-refractivity contribution in [2.45, 2.75) is 31.7 Å². The number of rotatable bonds is 8. The third-order valence-corrected chi connectivity index (χ3v) is 4.64. The molecule has 0 saturated heterocycles. The van der Waals surface area contributed by atoms with Gasteiger partial charge in [-0.1, -0.05) is 42.5 Å². The number of carbonyl (C=O) groups is 3. The lowest BCUT2D eigenvalue weighted by molar-refractivity contribution is -0.145. The Morgan fingerprint density at radius 2 is 2.00 bits per heavy atom. The molecule has 1 heterocycles. The molecule has 0 spiro atoms. The maximum atomic E-state index is 12.9. The summed E-state index contributed by atoms with van der Waals surface area (Å²) in [6.45, 7) is 0.799. The normalized spacial score (nSPS) is 20.4. The molecule has 0 aromatic heterocycles. The molecule has 0 unspecified atom stereocenters. The molecule has 2 rings (SSSR count). The second-order valence-electron chi connectivity index (χ2n) is 6.99. The van der Waals surface area contributed by atoms with E-state index in [2.05, 4.69) is 10.6 Å². The Balaban J connectivity index is 2.02. The summed E-state index contributed by atoms with van der Waals surface area (Å²) in [5.41, 5.74) is 0.829. The minimum atomic E-state index is -0.541. The maximum Gasteiger partial charge on any atom is 0.306 e. The van der Waals surface area contributed by atoms with E-state index in [9.17, 15) is 14.4 Å². The van der Waals surface area contributed by atoms with Crippen LogP contribution in [0.3, 0.4) is 0 Å². The zero-order chi connectivity index (χ0) is 21.6. The molecule has 164 valence electrons. The minimum Gasteiger partial charge on any atom is -0.463 e. The van der Waals surface area contributed by atoms with Gasteiger partial charge in [0.2, 0.25) is 11.8 Å². The summed E-state index contributed by atoms with van der Waals surface area (Å²) in [6, 6.07) is 8.81. The largest absolute Gasteiger partial charge is 0.463 e. The van der Waals surface area contributed by atoms with Gasteiger partial charge < -0.3 is 25.2 Å². The van der Waals surface area contributed by atoms with E-state index in [4.69, 9.17) is 14.6 Å². The number of hydrogen-bond donors (Lipinski definition) is 3. The summed E-state index contributed by atoms with van der Waals surface area (Å²) in [5, 5.41) is 14.3. The third kappa shape index (κ3) is 8.75. The average Bonchev–Trinajstić information content (AvgIpc) is 2.75. The first-order chi connectivity index (χ1) is 14.6. The Morgan fingerprint density at radius 1 is 1.20 bits per heavy atom. The van der Waals surface area contributed by atoms with Gasteiger partial charge in [-0.25, -0.2) is 0 Å². The van der Waals surface area contributed by atoms with Gasteiger partial charge in [0.05, 0.1) is 31.8 Å². The van der Waals surface area contributed by atoms with Gasteiger partial charge in [0, 0.05) is 19.4 Å². The van der Waals surface area contributed by atoms with Crippen LogP contribution < -0.4 is 10.6 Å². The van der Waals surface area contributed by atoms with Crippen LogP contribution in [-0.2, 0) is 23.9 Å². The number of ether oxygens (including phenoxy) is 2. The third-order valence-electron chi connectivity index (χ3n) is 4.64. The number of aliphatic hydroxyl groups excluding tert-OH is 1. The number of nitrogens with one attached hydrogen (secondary N) is 2. The molecule has 0 saturated carbocycles. The summed E-state index contributed by atoms with van der Waals surface area (Å²) in [4.78, 5) is 37.1. The Labute approximate surface area is 176 Å². The molecule has 0 aliphatic carbocycles. The predicted molar refractivity (Wildman–Crippen MR) is 110 cm³/mol. The summed E-state index contributed by atoms with van der Waals surface area (Å²) in [7, 11) is 0. The van der Waals surface area contributed by atoms with Crippen LogP contribution in [0.4, 0.5) is 0 Å². The molecular weight excluding hydrogens is 388 g/mol. The van der Waals surface area contributed by atoms with Gasteiger partial charge in [0.1, 0.15) is 6.61 Å². The van der Waals surface area contributed by atoms with E-state index in [-0.39, 0.29) is 50.4 Å². The van der Waals surface area contributed by atoms with Gasteiger partial charge in [-0.2, -0.15) is 0 Å². The molecule has 0 radical (unpaired) electrons. The smallest absolute Gasteiger partial charge is 0.306 e. The van der Waals surface area contributed by atoms with Gasteiger partial charge >= 0.3 is 5.97 Å². The zero-order valence-corrected chi connectivity index (χ0v) is 17.0. The Kier molecular flexibility index (Phi) is 10.6. The van der Waals surface area contributed by atoms with Gasteiger partial charge in [0.15, 0.2) is 0 Å². The molecule has 0 fully saturated rings. The van der Waals surface area contributed by atoms with Crippen LogP contribution >= 0.6 is 0 Å². The lowest BCUT2D eigenvalue weighted by Gasteiger charge is -2.23. The summed E-state index contributed by atoms with van der Waals surface area (Å²) >= 11 is 0. The second-order valence-corrected chi connectivity index (χ2v) is 6.99. The van der Waals surface area contributed by atoms with Crippen LogP contribution in [0.2, 0.25) is 0 Å². The molecule has 3 N–H and O–H groups in total. The fourth-order valence-corrected chi connectivity index (χ4v) is 3.03. The summed E-state index contributed by atoms with van der Waals surface area (Å²) in [6.07, 6.45) is 4.89. The highest BCUT2D eigenvalue weighted by atomic mass is 16.5. The summed E-state index contributed by atoms with van der Waals surface area (Å²) in [5.74, 6) is -1.36. The van der Waals surface area contributed by atoms with Crippen molar-refractivity contribution in [2.75, 3.05) is 33.0 Å². The van der Waals surface area contributed by atoms with Gasteiger partial charge in [0.25, 0.3) is 0 Å². The molecule has 1 aromatic rings. The van der Waals surface area contributed by atoms with E-state index in [0.29, 0.717) is 26.0 Å². The number of aliphatic hydroxyl groups is 1. The van der Waals surface area contributed by atoms with E-state index in [1.54, 1.807) is 0 Å². The first-order valence-corrected chi connectivity index (χ1v) is 10.2. The maximum absolute atomic E-state index is 12.9. The number of cyclic esters (lactones) is 1. The number of hydrogen-bond acceptors (Lipinski definition) is 6. The van der Waals surface area contributed by atoms with Crippen molar-refractivity contribution < 1.29 is 29.0 Å². The van der Waals surface area contributed by atoms with Crippen molar-refractivity contribution in [1.29, 1.82) is 0 Å². The predicted octanol–water partition coefficient (Wildman–Crippen LogP) is 1.26. The van der Waals surface area contributed by atoms with Gasteiger partial charge in [-0.3, -0.25) is 14.4 Å². The lowest BCUT2D eigenvalue weighted by Crippen LogP contribution is -2.39. The second kappa shape index (κ2) is 13.5. The van der Waals surface area contributed by atoms with Gasteiger partial charge in [-0.15, -0.1) is 0 Å². The highest BCUT2D eigenvalue weighted by molar-refractivity contribution is 5.86. The van der Waals surface area contributed by atoms with Crippen molar-refractivity contribution in [2.24, 2.45) is 5.92 Å². The van der Waals surface area contributed by atoms with E-state index < -0.39 is 12.0 Å². The average molecular weight is 418 g/mol. The number of allylic oxidation sites excluding steroid dienone is 2. The molecule has 2 amide bonds. The number of esters is 1. The number of benzene rings is 1. The van der Waals surface area contributed by atoms with Crippen LogP contribution in [0.1, 0.15) is 37.3 Å². The Bertz CT molecular complexity index is 707. The lowest BCUT2D eigenvalue weighted by atomic mass is 9.97. The Hall–Kier alpha value is -2.71. The molecule has 1 aromatic carbocycles. The monoisotopic (exact) mass is 418 g/mol. The number of amides is 2. The molecule has 2 atom stereocenters. The minimum absolute atomic E-state index is 0.0392. The van der Waals surface area contributed by atoms with Crippen molar-refractivity contribution in [1.82, 2.24) is 10.6 Å². The fourth-order valence-electron chi connectivity index (χ4n) is 3.03. The first kappa shape index (κ1) is 23.6. The first-order valence-electron chi connectivity index (χ1n) is 10.2. The van der Waals surface area contributed by atoms with Crippen molar-refractivity contribution in [3.05, 3.63) is 48.0 Å². The molecule has 1 aliphatic rings. The SMILES string of the molecule is O=C(C[C@H]1CC=CCCC(=O)OC[C@@H](c2ccccc2)NC1=O)NCCOCCO. The molecular formula is C22H30N2O6. The van der Waals surface area contributed by atoms with E-state index in [1.165, 1.54) is 0 Å². The fraction of sp³-hybridized carbons (Fsp3) is 0.500. The van der Waals surface area contributed by atoms with Crippen LogP contribution in [0, 0.1) is 5.92 Å². The molecule has 8 nitrogen and oxygen atoms in total. The molecule has 1 aliphatic heterocycles. The molecule has 8 heteroatoms.